The molecule has 0 bridgehead atoms. The quantitative estimate of drug-likeness (QED) is 0.376. The van der Waals surface area contributed by atoms with E-state index < -0.39 is 0 Å². The third-order valence-electron chi connectivity index (χ3n) is 3.91. The lowest BCUT2D eigenvalue weighted by molar-refractivity contribution is -0.668. The van der Waals surface area contributed by atoms with Crippen LogP contribution in [0.15, 0.2) is 42.7 Å². The van der Waals surface area contributed by atoms with Gasteiger partial charge in [-0.05, 0) is 12.1 Å². The summed E-state index contributed by atoms with van der Waals surface area (Å²) in [6.07, 6.45) is 4.23. The van der Waals surface area contributed by atoms with Gasteiger partial charge in [0.15, 0.2) is 4.47 Å². The van der Waals surface area contributed by atoms with Gasteiger partial charge in [-0.25, -0.2) is 9.97 Å². The fraction of sp³-hybridized carbons (Fsp3) is 0.176. The van der Waals surface area contributed by atoms with Gasteiger partial charge in [0.25, 0.3) is 5.65 Å². The van der Waals surface area contributed by atoms with Gasteiger partial charge in [-0.2, -0.15) is 4.57 Å². The maximum absolute atomic E-state index is 5.94. The number of ether oxygens (including phenoxy) is 1. The van der Waals surface area contributed by atoms with Gasteiger partial charge in [-0.15, -0.1) is 11.3 Å². The highest BCUT2D eigenvalue weighted by molar-refractivity contribution is 7.15. The van der Waals surface area contributed by atoms with Gasteiger partial charge in [0, 0.05) is 35.3 Å². The lowest BCUT2D eigenvalue weighted by Gasteiger charge is -2.01. The van der Waals surface area contributed by atoms with Crippen molar-refractivity contribution in [3.8, 4) is 6.01 Å². The van der Waals surface area contributed by atoms with Crippen LogP contribution in [0.2, 0.25) is 9.62 Å². The molecule has 0 saturated carbocycles. The van der Waals surface area contributed by atoms with Crippen LogP contribution in [0.4, 0.5) is 0 Å². The van der Waals surface area contributed by atoms with E-state index in [4.69, 9.17) is 27.9 Å². The van der Waals surface area contributed by atoms with E-state index in [0.717, 1.165) is 21.8 Å². The second kappa shape index (κ2) is 7.19. The molecule has 0 aliphatic carbocycles. The average Bonchev–Trinajstić information content (AvgIpc) is 3.21. The lowest BCUT2D eigenvalue weighted by Crippen LogP contribution is -2.35. The molecular formula is C17H14Cl2N5OS+. The first-order chi connectivity index (χ1) is 12.6. The molecule has 4 aromatic heterocycles. The summed E-state index contributed by atoms with van der Waals surface area (Å²) in [5.41, 5.74) is 2.95. The Bertz CT molecular complexity index is 1060. The molecule has 132 valence electrons. The molecule has 0 amide bonds. The van der Waals surface area contributed by atoms with E-state index in [1.54, 1.807) is 25.6 Å². The molecular weight excluding hydrogens is 393 g/mol. The first-order valence-electron chi connectivity index (χ1n) is 7.79. The van der Waals surface area contributed by atoms with Crippen molar-refractivity contribution in [2.45, 2.75) is 13.0 Å². The molecule has 0 aromatic carbocycles. The summed E-state index contributed by atoms with van der Waals surface area (Å²) >= 11 is 13.3. The molecule has 26 heavy (non-hydrogen) atoms. The number of thiazole rings is 1. The van der Waals surface area contributed by atoms with Crippen LogP contribution in [-0.2, 0) is 13.0 Å². The van der Waals surface area contributed by atoms with E-state index in [0.29, 0.717) is 28.6 Å². The lowest BCUT2D eigenvalue weighted by atomic mass is 10.2. The Labute approximate surface area is 163 Å². The van der Waals surface area contributed by atoms with Crippen LogP contribution in [-0.4, -0.2) is 26.7 Å². The number of methoxy groups -OCH3 is 1. The third kappa shape index (κ3) is 3.38. The van der Waals surface area contributed by atoms with Crippen molar-refractivity contribution >= 4 is 40.2 Å². The van der Waals surface area contributed by atoms with Crippen molar-refractivity contribution in [2.75, 3.05) is 7.11 Å². The van der Waals surface area contributed by atoms with Gasteiger partial charge in [0.1, 0.15) is 17.4 Å². The van der Waals surface area contributed by atoms with Crippen LogP contribution in [0, 0.1) is 0 Å². The number of aromatic nitrogens is 5. The molecule has 0 unspecified atom stereocenters. The molecule has 0 saturated heterocycles. The maximum Gasteiger partial charge on any atom is 0.469 e. The number of nitrogens with zero attached hydrogens (tertiary/aromatic N) is 5. The highest BCUT2D eigenvalue weighted by atomic mass is 35.5. The minimum atomic E-state index is 0.469. The standard InChI is InChI=1S/C17H14Cl2N5OS/c1-25-17-22-24-12(7-13-9-21-16(19)26-13)3-2-4-15(24)23(17)10-11-5-6-14(18)20-8-11/h2-6,8-9H,7,10H2,1H3/q+1. The predicted octanol–water partition coefficient (Wildman–Crippen LogP) is 3.43. The molecule has 0 aliphatic heterocycles. The average molecular weight is 407 g/mol. The molecule has 0 N–H and O–H groups in total. The molecule has 0 atom stereocenters. The number of hydrogen-bond acceptors (Lipinski definition) is 5. The Morgan fingerprint density at radius 2 is 2.04 bits per heavy atom. The summed E-state index contributed by atoms with van der Waals surface area (Å²) in [7, 11) is 1.61. The van der Waals surface area contributed by atoms with E-state index in [1.165, 1.54) is 11.3 Å². The fourth-order valence-corrected chi connectivity index (χ4v) is 3.86. The van der Waals surface area contributed by atoms with Gasteiger partial charge < -0.3 is 4.74 Å². The first-order valence-corrected chi connectivity index (χ1v) is 9.36. The topological polar surface area (TPSA) is 56.2 Å². The summed E-state index contributed by atoms with van der Waals surface area (Å²) in [5.74, 6) is 0. The summed E-state index contributed by atoms with van der Waals surface area (Å²) < 4.78 is 9.91. The monoisotopic (exact) mass is 406 g/mol. The fourth-order valence-electron chi connectivity index (χ4n) is 2.75. The van der Waals surface area contributed by atoms with Crippen molar-refractivity contribution in [3.05, 3.63) is 68.5 Å². The van der Waals surface area contributed by atoms with E-state index in [-0.39, 0.29) is 0 Å². The summed E-state index contributed by atoms with van der Waals surface area (Å²) in [6, 6.07) is 10.3. The first kappa shape index (κ1) is 17.2. The molecule has 0 spiro atoms. The number of hydrogen-bond donors (Lipinski definition) is 0. The maximum atomic E-state index is 5.94. The zero-order chi connectivity index (χ0) is 18.1. The van der Waals surface area contributed by atoms with Crippen LogP contribution in [0.5, 0.6) is 6.01 Å². The predicted molar refractivity (Wildman–Crippen MR) is 100 cm³/mol. The summed E-state index contributed by atoms with van der Waals surface area (Å²) in [5, 5.41) is 5.08. The zero-order valence-electron chi connectivity index (χ0n) is 13.8. The molecule has 0 aliphatic rings. The molecule has 9 heteroatoms. The summed E-state index contributed by atoms with van der Waals surface area (Å²) in [6.45, 7) is 0.576. The Morgan fingerprint density at radius 1 is 1.15 bits per heavy atom. The number of rotatable bonds is 5. The second-order valence-corrected chi connectivity index (χ2v) is 7.69. The molecule has 4 rings (SSSR count). The van der Waals surface area contributed by atoms with Gasteiger partial charge in [0.2, 0.25) is 0 Å². The zero-order valence-corrected chi connectivity index (χ0v) is 16.1. The Morgan fingerprint density at radius 3 is 2.73 bits per heavy atom. The highest BCUT2D eigenvalue weighted by Crippen LogP contribution is 2.21. The highest BCUT2D eigenvalue weighted by Gasteiger charge is 2.23. The van der Waals surface area contributed by atoms with E-state index in [1.807, 2.05) is 33.3 Å². The molecule has 6 nitrogen and oxygen atoms in total. The molecule has 0 radical (unpaired) electrons. The van der Waals surface area contributed by atoms with Crippen LogP contribution in [0.25, 0.3) is 5.65 Å². The van der Waals surface area contributed by atoms with Gasteiger partial charge in [-0.1, -0.05) is 39.9 Å². The van der Waals surface area contributed by atoms with E-state index in [9.17, 15) is 0 Å². The number of fused-ring (bicyclic) bond motifs is 1. The minimum Gasteiger partial charge on any atom is -0.442 e. The third-order valence-corrected chi connectivity index (χ3v) is 5.25. The Balaban J connectivity index is 1.75. The van der Waals surface area contributed by atoms with E-state index in [2.05, 4.69) is 15.1 Å². The van der Waals surface area contributed by atoms with Crippen molar-refractivity contribution in [1.82, 2.24) is 19.6 Å². The summed E-state index contributed by atoms with van der Waals surface area (Å²) in [4.78, 5) is 9.31. The van der Waals surface area contributed by atoms with Crippen LogP contribution in [0.1, 0.15) is 16.1 Å². The van der Waals surface area contributed by atoms with Crippen molar-refractivity contribution in [1.29, 1.82) is 0 Å². The van der Waals surface area contributed by atoms with Gasteiger partial charge in [-0.3, -0.25) is 0 Å². The number of pyridine rings is 2. The molecule has 0 fully saturated rings. The number of halogens is 2. The van der Waals surface area contributed by atoms with Crippen molar-refractivity contribution in [2.24, 2.45) is 0 Å². The van der Waals surface area contributed by atoms with Gasteiger partial charge in [0.05, 0.1) is 12.2 Å². The Hall–Kier alpha value is -2.22. The van der Waals surface area contributed by atoms with E-state index >= 15 is 0 Å². The largest absolute Gasteiger partial charge is 0.469 e. The SMILES string of the molecule is COc1nn2c(Cc3cnc(Cl)s3)cccc2[n+]1Cc1ccc(Cl)nc1. The van der Waals surface area contributed by atoms with Gasteiger partial charge >= 0.3 is 6.01 Å². The molecule has 4 heterocycles. The van der Waals surface area contributed by atoms with Crippen LogP contribution in [0.3, 0.4) is 0 Å². The second-order valence-electron chi connectivity index (χ2n) is 5.61. The smallest absolute Gasteiger partial charge is 0.442 e. The van der Waals surface area contributed by atoms with Crippen molar-refractivity contribution < 1.29 is 9.30 Å². The van der Waals surface area contributed by atoms with Crippen LogP contribution >= 0.6 is 34.5 Å². The van der Waals surface area contributed by atoms with Crippen LogP contribution < -0.4 is 9.30 Å². The molecule has 4 aromatic rings. The normalized spacial score (nSPS) is 11.2. The minimum absolute atomic E-state index is 0.469. The van der Waals surface area contributed by atoms with Crippen molar-refractivity contribution in [3.63, 3.8) is 0 Å². The Kier molecular flexibility index (Phi) is 4.76.